The summed E-state index contributed by atoms with van der Waals surface area (Å²) in [5.41, 5.74) is 6.69. The third-order valence-electron chi connectivity index (χ3n) is 2.85. The van der Waals surface area contributed by atoms with Crippen LogP contribution in [-0.2, 0) is 10.0 Å². The number of rotatable bonds is 6. The Morgan fingerprint density at radius 1 is 1.44 bits per heavy atom. The fourth-order valence-corrected chi connectivity index (χ4v) is 2.80. The standard InChI is InChI=1S/C12H20N2O3S/c1-3-12(13)10-5-4-6-11(9-10)18(16,17)14(2)7-8-15/h4-6,9,12,15H,3,7-8,13H2,1-2H3. The molecule has 0 saturated heterocycles. The first-order chi connectivity index (χ1) is 8.43. The Morgan fingerprint density at radius 2 is 2.11 bits per heavy atom. The lowest BCUT2D eigenvalue weighted by molar-refractivity contribution is 0.266. The lowest BCUT2D eigenvalue weighted by Crippen LogP contribution is -2.29. The second kappa shape index (κ2) is 6.29. The van der Waals surface area contributed by atoms with Gasteiger partial charge in [-0.1, -0.05) is 19.1 Å². The first-order valence-corrected chi connectivity index (χ1v) is 7.30. The van der Waals surface area contributed by atoms with Crippen molar-refractivity contribution in [2.75, 3.05) is 20.2 Å². The van der Waals surface area contributed by atoms with E-state index in [0.717, 1.165) is 16.3 Å². The van der Waals surface area contributed by atoms with Gasteiger partial charge in [0.1, 0.15) is 0 Å². The van der Waals surface area contributed by atoms with Gasteiger partial charge in [-0.05, 0) is 24.1 Å². The average Bonchev–Trinajstić information content (AvgIpc) is 2.38. The van der Waals surface area contributed by atoms with Crippen molar-refractivity contribution in [2.24, 2.45) is 5.73 Å². The molecule has 6 heteroatoms. The van der Waals surface area contributed by atoms with Crippen molar-refractivity contribution in [2.45, 2.75) is 24.3 Å². The Hall–Kier alpha value is -0.950. The van der Waals surface area contributed by atoms with Crippen LogP contribution < -0.4 is 5.73 Å². The minimum absolute atomic E-state index is 0.0758. The topological polar surface area (TPSA) is 83.6 Å². The van der Waals surface area contributed by atoms with Crippen LogP contribution in [0.25, 0.3) is 0 Å². The first-order valence-electron chi connectivity index (χ1n) is 5.86. The summed E-state index contributed by atoms with van der Waals surface area (Å²) in [4.78, 5) is 0.208. The van der Waals surface area contributed by atoms with Gasteiger partial charge in [-0.3, -0.25) is 0 Å². The number of sulfonamides is 1. The predicted molar refractivity (Wildman–Crippen MR) is 70.6 cm³/mol. The highest BCUT2D eigenvalue weighted by Gasteiger charge is 2.20. The molecule has 0 radical (unpaired) electrons. The Bertz CT molecular complexity index is 488. The third-order valence-corrected chi connectivity index (χ3v) is 4.70. The van der Waals surface area contributed by atoms with Crippen molar-refractivity contribution < 1.29 is 13.5 Å². The van der Waals surface area contributed by atoms with Gasteiger partial charge >= 0.3 is 0 Å². The molecule has 0 bridgehead atoms. The highest BCUT2D eigenvalue weighted by Crippen LogP contribution is 2.20. The van der Waals surface area contributed by atoms with Crippen LogP contribution in [0, 0.1) is 0 Å². The van der Waals surface area contributed by atoms with E-state index in [4.69, 9.17) is 10.8 Å². The quantitative estimate of drug-likeness (QED) is 0.799. The summed E-state index contributed by atoms with van der Waals surface area (Å²) >= 11 is 0. The molecule has 0 aromatic heterocycles. The summed E-state index contributed by atoms with van der Waals surface area (Å²) in [5, 5.41) is 8.80. The maximum atomic E-state index is 12.2. The van der Waals surface area contributed by atoms with E-state index in [1.54, 1.807) is 12.1 Å². The van der Waals surface area contributed by atoms with E-state index in [9.17, 15) is 8.42 Å². The smallest absolute Gasteiger partial charge is 0.242 e. The monoisotopic (exact) mass is 272 g/mol. The van der Waals surface area contributed by atoms with E-state index in [-0.39, 0.29) is 24.1 Å². The van der Waals surface area contributed by atoms with Gasteiger partial charge in [-0.15, -0.1) is 0 Å². The molecule has 0 aliphatic rings. The van der Waals surface area contributed by atoms with E-state index in [0.29, 0.717) is 0 Å². The van der Waals surface area contributed by atoms with Gasteiger partial charge in [0.05, 0.1) is 11.5 Å². The first kappa shape index (κ1) is 15.1. The van der Waals surface area contributed by atoms with E-state index in [2.05, 4.69) is 0 Å². The highest BCUT2D eigenvalue weighted by atomic mass is 32.2. The Morgan fingerprint density at radius 3 is 2.67 bits per heavy atom. The molecule has 1 rings (SSSR count). The van der Waals surface area contributed by atoms with Crippen molar-refractivity contribution in [3.05, 3.63) is 29.8 Å². The minimum Gasteiger partial charge on any atom is -0.395 e. The molecule has 1 aromatic rings. The van der Waals surface area contributed by atoms with E-state index in [1.165, 1.54) is 13.1 Å². The number of aliphatic hydroxyl groups is 1. The van der Waals surface area contributed by atoms with Crippen LogP contribution >= 0.6 is 0 Å². The number of aliphatic hydroxyl groups excluding tert-OH is 1. The van der Waals surface area contributed by atoms with Crippen LogP contribution in [0.1, 0.15) is 24.9 Å². The summed E-state index contributed by atoms with van der Waals surface area (Å²) < 4.78 is 25.4. The molecule has 18 heavy (non-hydrogen) atoms. The molecule has 1 unspecified atom stereocenters. The molecule has 0 spiro atoms. The molecule has 0 aliphatic heterocycles. The summed E-state index contributed by atoms with van der Waals surface area (Å²) in [5.74, 6) is 0. The largest absolute Gasteiger partial charge is 0.395 e. The Labute approximate surface area is 108 Å². The second-order valence-electron chi connectivity index (χ2n) is 4.14. The molecule has 0 heterocycles. The van der Waals surface area contributed by atoms with Crippen molar-refractivity contribution >= 4 is 10.0 Å². The summed E-state index contributed by atoms with van der Waals surface area (Å²) in [6.45, 7) is 1.82. The molecular weight excluding hydrogens is 252 g/mol. The second-order valence-corrected chi connectivity index (χ2v) is 6.18. The van der Waals surface area contributed by atoms with Gasteiger partial charge < -0.3 is 10.8 Å². The Kier molecular flexibility index (Phi) is 5.28. The molecule has 0 fully saturated rings. The number of hydrogen-bond acceptors (Lipinski definition) is 4. The lowest BCUT2D eigenvalue weighted by atomic mass is 10.1. The molecule has 102 valence electrons. The van der Waals surface area contributed by atoms with E-state index >= 15 is 0 Å². The lowest BCUT2D eigenvalue weighted by Gasteiger charge is -2.17. The predicted octanol–water partition coefficient (Wildman–Crippen LogP) is 0.709. The maximum absolute atomic E-state index is 12.2. The zero-order valence-corrected chi connectivity index (χ0v) is 11.5. The number of benzene rings is 1. The summed E-state index contributed by atoms with van der Waals surface area (Å²) in [7, 11) is -2.11. The molecule has 5 nitrogen and oxygen atoms in total. The zero-order chi connectivity index (χ0) is 13.8. The van der Waals surface area contributed by atoms with E-state index in [1.807, 2.05) is 13.0 Å². The van der Waals surface area contributed by atoms with Gasteiger partial charge in [0.25, 0.3) is 0 Å². The van der Waals surface area contributed by atoms with E-state index < -0.39 is 10.0 Å². The molecule has 1 aromatic carbocycles. The van der Waals surface area contributed by atoms with Gasteiger partial charge in [0.15, 0.2) is 0 Å². The summed E-state index contributed by atoms with van der Waals surface area (Å²) in [6.07, 6.45) is 0.746. The van der Waals surface area contributed by atoms with Crippen LogP contribution in [-0.4, -0.2) is 38.0 Å². The normalized spacial score (nSPS) is 13.8. The van der Waals surface area contributed by atoms with Crippen molar-refractivity contribution in [3.8, 4) is 0 Å². The highest BCUT2D eigenvalue weighted by molar-refractivity contribution is 7.89. The zero-order valence-electron chi connectivity index (χ0n) is 10.7. The number of nitrogens with two attached hydrogens (primary N) is 1. The molecule has 1 atom stereocenters. The fourth-order valence-electron chi connectivity index (χ4n) is 1.58. The summed E-state index contributed by atoms with van der Waals surface area (Å²) in [6, 6.07) is 6.47. The van der Waals surface area contributed by atoms with Gasteiger partial charge in [-0.2, -0.15) is 4.31 Å². The SMILES string of the molecule is CCC(N)c1cccc(S(=O)(=O)N(C)CCO)c1. The minimum atomic E-state index is -3.55. The number of hydrogen-bond donors (Lipinski definition) is 2. The van der Waals surface area contributed by atoms with Crippen molar-refractivity contribution in [3.63, 3.8) is 0 Å². The number of likely N-dealkylation sites (N-methyl/N-ethyl adjacent to an activating group) is 1. The molecule has 0 amide bonds. The van der Waals surface area contributed by atoms with Crippen molar-refractivity contribution in [1.29, 1.82) is 0 Å². The molecule has 3 N–H and O–H groups in total. The third kappa shape index (κ3) is 3.29. The van der Waals surface area contributed by atoms with Gasteiger partial charge in [-0.25, -0.2) is 8.42 Å². The molecular formula is C12H20N2O3S. The van der Waals surface area contributed by atoms with Crippen LogP contribution in [0.5, 0.6) is 0 Å². The fraction of sp³-hybridized carbons (Fsp3) is 0.500. The molecule has 0 aliphatic carbocycles. The average molecular weight is 272 g/mol. The van der Waals surface area contributed by atoms with Crippen LogP contribution in [0.4, 0.5) is 0 Å². The van der Waals surface area contributed by atoms with Crippen LogP contribution in [0.3, 0.4) is 0 Å². The number of nitrogens with zero attached hydrogens (tertiary/aromatic N) is 1. The maximum Gasteiger partial charge on any atom is 0.242 e. The van der Waals surface area contributed by atoms with Gasteiger partial charge in [0, 0.05) is 19.6 Å². The van der Waals surface area contributed by atoms with Crippen molar-refractivity contribution in [1.82, 2.24) is 4.31 Å². The van der Waals surface area contributed by atoms with Crippen LogP contribution in [0.2, 0.25) is 0 Å². The van der Waals surface area contributed by atoms with Crippen LogP contribution in [0.15, 0.2) is 29.2 Å². The molecule has 0 saturated carbocycles. The van der Waals surface area contributed by atoms with Gasteiger partial charge in [0.2, 0.25) is 10.0 Å². The Balaban J connectivity index is 3.10.